The lowest BCUT2D eigenvalue weighted by Crippen LogP contribution is -2.55. The molecule has 2 aromatic rings. The minimum atomic E-state index is -4.41. The lowest BCUT2D eigenvalue weighted by Gasteiger charge is -2.54. The van der Waals surface area contributed by atoms with Crippen LogP contribution in [0, 0.1) is 23.7 Å². The highest BCUT2D eigenvalue weighted by molar-refractivity contribution is 5.94. The molecule has 1 aromatic carbocycles. The van der Waals surface area contributed by atoms with Crippen LogP contribution in [0.4, 0.5) is 13.2 Å². The van der Waals surface area contributed by atoms with E-state index in [4.69, 9.17) is 0 Å². The Balaban J connectivity index is 1.30. The summed E-state index contributed by atoms with van der Waals surface area (Å²) in [7, 11) is 0. The van der Waals surface area contributed by atoms with Crippen molar-refractivity contribution in [1.82, 2.24) is 10.3 Å². The van der Waals surface area contributed by atoms with Gasteiger partial charge < -0.3 is 5.32 Å². The SMILES string of the molecule is O=C(NC1[C@H]2C[C@@H]3C[C@@H](C[C@H]1C3)C2)c1ccc(-c2cc(C(F)(F)F)ccn2)cc1. The summed E-state index contributed by atoms with van der Waals surface area (Å²) in [6.45, 7) is 0. The molecule has 152 valence electrons. The lowest BCUT2D eigenvalue weighted by atomic mass is 9.54. The standard InChI is InChI=1S/C23H23F3N2O/c24-23(25,26)19-5-6-27-20(12-19)15-1-3-16(4-2-15)22(29)28-21-17-8-13-7-14(10-17)11-18(21)9-13/h1-6,12-14,17-18,21H,7-11H2,(H,28,29)/t13-,14+,17-,18+,21?. The zero-order valence-corrected chi connectivity index (χ0v) is 16.0. The van der Waals surface area contributed by atoms with E-state index in [-0.39, 0.29) is 17.6 Å². The van der Waals surface area contributed by atoms with Gasteiger partial charge in [0.1, 0.15) is 0 Å². The second-order valence-electron chi connectivity index (χ2n) is 8.93. The van der Waals surface area contributed by atoms with Crippen molar-refractivity contribution in [3.63, 3.8) is 0 Å². The molecule has 4 fully saturated rings. The summed E-state index contributed by atoms with van der Waals surface area (Å²) >= 11 is 0. The number of carbonyl (C=O) groups excluding carboxylic acids is 1. The molecule has 0 spiro atoms. The van der Waals surface area contributed by atoms with E-state index < -0.39 is 11.7 Å². The molecule has 0 unspecified atom stereocenters. The first-order chi connectivity index (χ1) is 13.9. The summed E-state index contributed by atoms with van der Waals surface area (Å²) in [4.78, 5) is 16.8. The van der Waals surface area contributed by atoms with Gasteiger partial charge in [0.05, 0.1) is 11.3 Å². The maximum atomic E-state index is 12.9. The topological polar surface area (TPSA) is 42.0 Å². The monoisotopic (exact) mass is 400 g/mol. The fraction of sp³-hybridized carbons (Fsp3) is 0.478. The quantitative estimate of drug-likeness (QED) is 0.758. The van der Waals surface area contributed by atoms with E-state index in [9.17, 15) is 18.0 Å². The Hall–Kier alpha value is -2.37. The largest absolute Gasteiger partial charge is 0.416 e. The smallest absolute Gasteiger partial charge is 0.349 e. The van der Waals surface area contributed by atoms with Gasteiger partial charge >= 0.3 is 6.18 Å². The highest BCUT2D eigenvalue weighted by Crippen LogP contribution is 2.53. The molecular formula is C23H23F3N2O. The number of nitrogens with one attached hydrogen (secondary N) is 1. The van der Waals surface area contributed by atoms with Gasteiger partial charge in [-0.05, 0) is 80.0 Å². The third kappa shape index (κ3) is 3.53. The van der Waals surface area contributed by atoms with Crippen molar-refractivity contribution >= 4 is 5.91 Å². The van der Waals surface area contributed by atoms with E-state index in [1.165, 1.54) is 32.1 Å². The fourth-order valence-electron chi connectivity index (χ4n) is 5.95. The van der Waals surface area contributed by atoms with Crippen molar-refractivity contribution in [1.29, 1.82) is 0 Å². The maximum absolute atomic E-state index is 12.9. The van der Waals surface area contributed by atoms with Crippen molar-refractivity contribution in [3.05, 3.63) is 53.7 Å². The summed E-state index contributed by atoms with van der Waals surface area (Å²) in [5.74, 6) is 2.81. The first-order valence-corrected chi connectivity index (χ1v) is 10.3. The predicted molar refractivity (Wildman–Crippen MR) is 103 cm³/mol. The van der Waals surface area contributed by atoms with E-state index in [1.54, 1.807) is 24.3 Å². The highest BCUT2D eigenvalue weighted by atomic mass is 19.4. The predicted octanol–water partition coefficient (Wildman–Crippen LogP) is 5.32. The number of amides is 1. The number of carbonyl (C=O) groups is 1. The fourth-order valence-corrected chi connectivity index (χ4v) is 5.95. The second-order valence-corrected chi connectivity index (χ2v) is 8.93. The molecule has 1 aromatic heterocycles. The Labute approximate surface area is 167 Å². The molecule has 0 aliphatic heterocycles. The van der Waals surface area contributed by atoms with Crippen LogP contribution in [0.25, 0.3) is 11.3 Å². The normalized spacial score (nSPS) is 30.4. The van der Waals surface area contributed by atoms with Crippen molar-refractivity contribution in [2.24, 2.45) is 23.7 Å². The average Bonchev–Trinajstić information content (AvgIpc) is 2.69. The molecule has 1 amide bonds. The first-order valence-electron chi connectivity index (χ1n) is 10.3. The third-order valence-electron chi connectivity index (χ3n) is 7.05. The van der Waals surface area contributed by atoms with Crippen LogP contribution in [0.3, 0.4) is 0 Å². The molecule has 0 radical (unpaired) electrons. The molecule has 0 saturated heterocycles. The molecule has 3 nitrogen and oxygen atoms in total. The number of hydrogen-bond donors (Lipinski definition) is 1. The van der Waals surface area contributed by atoms with Crippen LogP contribution in [0.15, 0.2) is 42.6 Å². The minimum Gasteiger partial charge on any atom is -0.349 e. The van der Waals surface area contributed by atoms with Gasteiger partial charge in [-0.2, -0.15) is 13.2 Å². The third-order valence-corrected chi connectivity index (χ3v) is 7.05. The van der Waals surface area contributed by atoms with Crippen LogP contribution in [0.2, 0.25) is 0 Å². The van der Waals surface area contributed by atoms with Crippen LogP contribution in [0.5, 0.6) is 0 Å². The van der Waals surface area contributed by atoms with E-state index in [0.29, 0.717) is 23.0 Å². The molecule has 0 atom stereocenters. The molecule has 1 heterocycles. The molecule has 4 aliphatic carbocycles. The molecule has 1 N–H and O–H groups in total. The number of halogens is 3. The van der Waals surface area contributed by atoms with Crippen molar-refractivity contribution in [2.75, 3.05) is 0 Å². The van der Waals surface area contributed by atoms with Crippen molar-refractivity contribution in [2.45, 2.75) is 44.3 Å². The molecule has 4 bridgehead atoms. The maximum Gasteiger partial charge on any atom is 0.416 e. The number of hydrogen-bond acceptors (Lipinski definition) is 2. The van der Waals surface area contributed by atoms with Gasteiger partial charge in [-0.25, -0.2) is 0 Å². The van der Waals surface area contributed by atoms with Crippen molar-refractivity contribution < 1.29 is 18.0 Å². The second kappa shape index (κ2) is 6.85. The van der Waals surface area contributed by atoms with Gasteiger partial charge in [-0.15, -0.1) is 0 Å². The van der Waals surface area contributed by atoms with Crippen molar-refractivity contribution in [3.8, 4) is 11.3 Å². The summed E-state index contributed by atoms with van der Waals surface area (Å²) in [6, 6.07) is 8.91. The van der Waals surface area contributed by atoms with Crippen LogP contribution in [-0.2, 0) is 6.18 Å². The Bertz CT molecular complexity index is 894. The zero-order valence-electron chi connectivity index (χ0n) is 16.0. The van der Waals surface area contributed by atoms with E-state index in [1.807, 2.05) is 0 Å². The molecular weight excluding hydrogens is 377 g/mol. The summed E-state index contributed by atoms with van der Waals surface area (Å²) in [5, 5.41) is 3.26. The molecule has 6 rings (SSSR count). The van der Waals surface area contributed by atoms with E-state index in [2.05, 4.69) is 10.3 Å². The summed E-state index contributed by atoms with van der Waals surface area (Å²) < 4.78 is 38.8. The van der Waals surface area contributed by atoms with Crippen LogP contribution < -0.4 is 5.32 Å². The Morgan fingerprint density at radius 2 is 1.55 bits per heavy atom. The number of pyridine rings is 1. The summed E-state index contributed by atoms with van der Waals surface area (Å²) in [6.07, 6.45) is 3.06. The minimum absolute atomic E-state index is 0.0916. The number of aromatic nitrogens is 1. The average molecular weight is 400 g/mol. The van der Waals surface area contributed by atoms with Gasteiger partial charge in [-0.3, -0.25) is 9.78 Å². The Morgan fingerprint density at radius 3 is 2.14 bits per heavy atom. The molecule has 29 heavy (non-hydrogen) atoms. The Kier molecular flexibility index (Phi) is 4.41. The van der Waals surface area contributed by atoms with Crippen LogP contribution in [-0.4, -0.2) is 16.9 Å². The van der Waals surface area contributed by atoms with E-state index in [0.717, 1.165) is 30.2 Å². The first kappa shape index (κ1) is 18.6. The molecule has 4 saturated carbocycles. The molecule has 6 heteroatoms. The van der Waals surface area contributed by atoms with Gasteiger partial charge in [0.15, 0.2) is 0 Å². The number of benzene rings is 1. The number of alkyl halides is 3. The van der Waals surface area contributed by atoms with Gasteiger partial charge in [-0.1, -0.05) is 12.1 Å². The number of rotatable bonds is 3. The molecule has 4 aliphatic rings. The lowest BCUT2D eigenvalue weighted by molar-refractivity contribution is -0.137. The zero-order chi connectivity index (χ0) is 20.2. The van der Waals surface area contributed by atoms with Crippen LogP contribution in [0.1, 0.15) is 48.0 Å². The highest BCUT2D eigenvalue weighted by Gasteiger charge is 2.48. The van der Waals surface area contributed by atoms with Gasteiger partial charge in [0.25, 0.3) is 5.91 Å². The summed E-state index contributed by atoms with van der Waals surface area (Å²) in [5.41, 5.74) is 0.607. The van der Waals surface area contributed by atoms with Crippen LogP contribution >= 0.6 is 0 Å². The number of nitrogens with zero attached hydrogens (tertiary/aromatic N) is 1. The van der Waals surface area contributed by atoms with E-state index >= 15 is 0 Å². The Morgan fingerprint density at radius 1 is 0.931 bits per heavy atom. The van der Waals surface area contributed by atoms with Gasteiger partial charge in [0.2, 0.25) is 0 Å². The van der Waals surface area contributed by atoms with Gasteiger partial charge in [0, 0.05) is 23.4 Å².